The zero-order chi connectivity index (χ0) is 12.5. The zero-order valence-electron chi connectivity index (χ0n) is 7.52. The molecule has 1 rings (SSSR count). The first kappa shape index (κ1) is 13.1. The fourth-order valence-electron chi connectivity index (χ4n) is 1.01. The van der Waals surface area contributed by atoms with E-state index in [0.717, 1.165) is 0 Å². The summed E-state index contributed by atoms with van der Waals surface area (Å²) in [5.41, 5.74) is -3.11. The van der Waals surface area contributed by atoms with Crippen LogP contribution in [0.1, 0.15) is 23.4 Å². The smallest absolute Gasteiger partial charge is 0.392 e. The predicted octanol–water partition coefficient (Wildman–Crippen LogP) is 3.18. The number of aromatic nitrogens is 1. The lowest BCUT2D eigenvalue weighted by molar-refractivity contribution is -0.141. The number of aliphatic hydroxyl groups excluding tert-OH is 1. The number of rotatable bonds is 2. The molecule has 0 saturated carbocycles. The monoisotopic (exact) mass is 261 g/mol. The molecule has 1 aromatic rings. The van der Waals surface area contributed by atoms with Gasteiger partial charge >= 0.3 is 6.18 Å². The molecule has 0 amide bonds. The molecule has 1 N–H and O–H groups in total. The molecule has 1 heterocycles. The van der Waals surface area contributed by atoms with Gasteiger partial charge < -0.3 is 5.11 Å². The van der Waals surface area contributed by atoms with Gasteiger partial charge in [0.2, 0.25) is 0 Å². The molecular formula is C8H5ClF5NO. The Labute approximate surface area is 91.7 Å². The molecule has 16 heavy (non-hydrogen) atoms. The van der Waals surface area contributed by atoms with Crippen LogP contribution in [0, 0.1) is 0 Å². The van der Waals surface area contributed by atoms with Crippen molar-refractivity contribution in [2.45, 2.75) is 19.2 Å². The summed E-state index contributed by atoms with van der Waals surface area (Å²) in [6, 6.07) is 0.439. The van der Waals surface area contributed by atoms with E-state index in [9.17, 15) is 22.0 Å². The van der Waals surface area contributed by atoms with Gasteiger partial charge in [0.15, 0.2) is 0 Å². The van der Waals surface area contributed by atoms with Crippen LogP contribution in [0.3, 0.4) is 0 Å². The highest BCUT2D eigenvalue weighted by Crippen LogP contribution is 2.34. The summed E-state index contributed by atoms with van der Waals surface area (Å²) in [5.74, 6) is 0. The SMILES string of the molecule is OCc1cc(C(F)(F)F)nc(C(F)F)c1Cl. The molecule has 0 spiro atoms. The molecule has 0 radical (unpaired) electrons. The van der Waals surface area contributed by atoms with Gasteiger partial charge in [-0.05, 0) is 6.07 Å². The van der Waals surface area contributed by atoms with Crippen LogP contribution in [0.25, 0.3) is 0 Å². The third-order valence-corrected chi connectivity index (χ3v) is 2.16. The molecule has 0 fully saturated rings. The molecule has 0 bridgehead atoms. The lowest BCUT2D eigenvalue weighted by Gasteiger charge is -2.12. The van der Waals surface area contributed by atoms with Gasteiger partial charge in [-0.2, -0.15) is 13.2 Å². The van der Waals surface area contributed by atoms with E-state index in [0.29, 0.717) is 6.07 Å². The molecule has 2 nitrogen and oxygen atoms in total. The Bertz CT molecular complexity index is 393. The highest BCUT2D eigenvalue weighted by molar-refractivity contribution is 6.32. The van der Waals surface area contributed by atoms with Gasteiger partial charge in [-0.1, -0.05) is 11.6 Å². The number of halogens is 6. The number of pyridine rings is 1. The van der Waals surface area contributed by atoms with Crippen molar-refractivity contribution in [3.05, 3.63) is 28.0 Å². The second-order valence-corrected chi connectivity index (χ2v) is 3.20. The van der Waals surface area contributed by atoms with E-state index in [1.165, 1.54) is 0 Å². The summed E-state index contributed by atoms with van der Waals surface area (Å²) in [5, 5.41) is 8.04. The van der Waals surface area contributed by atoms with Crippen LogP contribution < -0.4 is 0 Å². The third kappa shape index (κ3) is 2.59. The van der Waals surface area contributed by atoms with Crippen molar-refractivity contribution >= 4 is 11.6 Å². The molecule has 0 aliphatic rings. The molecule has 0 aromatic carbocycles. The van der Waals surface area contributed by atoms with Crippen LogP contribution in [0.2, 0.25) is 5.02 Å². The van der Waals surface area contributed by atoms with Crippen LogP contribution in [0.15, 0.2) is 6.07 Å². The van der Waals surface area contributed by atoms with Crippen LogP contribution in [-0.4, -0.2) is 10.1 Å². The van der Waals surface area contributed by atoms with Crippen molar-refractivity contribution in [3.8, 4) is 0 Å². The lowest BCUT2D eigenvalue weighted by atomic mass is 10.2. The van der Waals surface area contributed by atoms with Crippen molar-refractivity contribution in [1.29, 1.82) is 0 Å². The largest absolute Gasteiger partial charge is 0.433 e. The van der Waals surface area contributed by atoms with E-state index in [4.69, 9.17) is 16.7 Å². The summed E-state index contributed by atoms with van der Waals surface area (Å²) in [6.07, 6.45) is -8.10. The first-order valence-electron chi connectivity index (χ1n) is 3.93. The Morgan fingerprint density at radius 3 is 2.31 bits per heavy atom. The van der Waals surface area contributed by atoms with Crippen molar-refractivity contribution < 1.29 is 27.1 Å². The van der Waals surface area contributed by atoms with E-state index in [1.54, 1.807) is 0 Å². The normalized spacial score (nSPS) is 12.2. The van der Waals surface area contributed by atoms with Crippen molar-refractivity contribution in [3.63, 3.8) is 0 Å². The van der Waals surface area contributed by atoms with Crippen molar-refractivity contribution in [1.82, 2.24) is 4.98 Å². The Balaban J connectivity index is 3.40. The molecule has 0 atom stereocenters. The Morgan fingerprint density at radius 2 is 1.94 bits per heavy atom. The molecular weight excluding hydrogens is 257 g/mol. The topological polar surface area (TPSA) is 33.1 Å². The molecule has 0 saturated heterocycles. The maximum Gasteiger partial charge on any atom is 0.433 e. The Kier molecular flexibility index (Phi) is 3.69. The highest BCUT2D eigenvalue weighted by Gasteiger charge is 2.35. The van der Waals surface area contributed by atoms with E-state index in [2.05, 4.69) is 4.98 Å². The second kappa shape index (κ2) is 4.50. The van der Waals surface area contributed by atoms with Crippen LogP contribution in [0.5, 0.6) is 0 Å². The molecule has 1 aromatic heterocycles. The van der Waals surface area contributed by atoms with Crippen LogP contribution in [0.4, 0.5) is 22.0 Å². The number of hydrogen-bond donors (Lipinski definition) is 1. The quantitative estimate of drug-likeness (QED) is 0.830. The predicted molar refractivity (Wildman–Crippen MR) is 45.1 cm³/mol. The zero-order valence-corrected chi connectivity index (χ0v) is 8.28. The van der Waals surface area contributed by atoms with Gasteiger partial charge in [0, 0.05) is 5.56 Å². The van der Waals surface area contributed by atoms with Crippen LogP contribution >= 0.6 is 11.6 Å². The number of aliphatic hydroxyl groups is 1. The summed E-state index contributed by atoms with van der Waals surface area (Å²) >= 11 is 5.36. The van der Waals surface area contributed by atoms with E-state index in [-0.39, 0.29) is 0 Å². The summed E-state index contributed by atoms with van der Waals surface area (Å²) in [6.45, 7) is -0.871. The van der Waals surface area contributed by atoms with Gasteiger partial charge in [0.25, 0.3) is 6.43 Å². The van der Waals surface area contributed by atoms with Crippen LogP contribution in [-0.2, 0) is 12.8 Å². The minimum atomic E-state index is -4.86. The maximum atomic E-state index is 12.3. The van der Waals surface area contributed by atoms with E-state index in [1.807, 2.05) is 0 Å². The lowest BCUT2D eigenvalue weighted by Crippen LogP contribution is -2.11. The van der Waals surface area contributed by atoms with E-state index < -0.39 is 41.2 Å². The summed E-state index contributed by atoms with van der Waals surface area (Å²) < 4.78 is 61.4. The van der Waals surface area contributed by atoms with Gasteiger partial charge in [0.05, 0.1) is 11.6 Å². The fourth-order valence-corrected chi connectivity index (χ4v) is 1.25. The van der Waals surface area contributed by atoms with Crippen molar-refractivity contribution in [2.24, 2.45) is 0 Å². The standard InChI is InChI=1S/C8H5ClF5NO/c9-5-3(2-16)1-4(8(12,13)14)15-6(5)7(10)11/h1,7,16H,2H2. The average molecular weight is 262 g/mol. The second-order valence-electron chi connectivity index (χ2n) is 2.82. The summed E-state index contributed by atoms with van der Waals surface area (Å²) in [7, 11) is 0. The first-order chi connectivity index (χ1) is 7.27. The molecule has 0 unspecified atom stereocenters. The minimum Gasteiger partial charge on any atom is -0.392 e. The number of nitrogens with zero attached hydrogens (tertiary/aromatic N) is 1. The number of hydrogen-bond acceptors (Lipinski definition) is 2. The Morgan fingerprint density at radius 1 is 1.38 bits per heavy atom. The van der Waals surface area contributed by atoms with E-state index >= 15 is 0 Å². The van der Waals surface area contributed by atoms with Gasteiger partial charge in [-0.3, -0.25) is 0 Å². The fraction of sp³-hybridized carbons (Fsp3) is 0.375. The maximum absolute atomic E-state index is 12.3. The molecule has 90 valence electrons. The van der Waals surface area contributed by atoms with Crippen molar-refractivity contribution in [2.75, 3.05) is 0 Å². The van der Waals surface area contributed by atoms with Gasteiger partial charge in [-0.25, -0.2) is 13.8 Å². The molecule has 0 aliphatic carbocycles. The minimum absolute atomic E-state index is 0.431. The highest BCUT2D eigenvalue weighted by atomic mass is 35.5. The van der Waals surface area contributed by atoms with Gasteiger partial charge in [0.1, 0.15) is 11.4 Å². The Hall–Kier alpha value is -0.950. The summed E-state index contributed by atoms with van der Waals surface area (Å²) in [4.78, 5) is 2.73. The van der Waals surface area contributed by atoms with Gasteiger partial charge in [-0.15, -0.1) is 0 Å². The molecule has 0 aliphatic heterocycles. The average Bonchev–Trinajstić information content (AvgIpc) is 2.15. The number of alkyl halides is 5. The third-order valence-electron chi connectivity index (χ3n) is 1.73. The first-order valence-corrected chi connectivity index (χ1v) is 4.30. The molecule has 8 heteroatoms.